The molecule has 0 aliphatic carbocycles. The summed E-state index contributed by atoms with van der Waals surface area (Å²) in [6.07, 6.45) is 1.40. The predicted octanol–water partition coefficient (Wildman–Crippen LogP) is 2.42. The molecule has 0 fully saturated rings. The van der Waals surface area contributed by atoms with Gasteiger partial charge in [0.05, 0.1) is 4.48 Å². The molecule has 0 radical (unpaired) electrons. The highest BCUT2D eigenvalue weighted by atomic mass is 79.9. The van der Waals surface area contributed by atoms with Crippen LogP contribution in [0.15, 0.2) is 10.1 Å². The summed E-state index contributed by atoms with van der Waals surface area (Å²) >= 11 is 6.46. The Hall–Kier alpha value is -0.360. The normalized spacial score (nSPS) is 11.9. The van der Waals surface area contributed by atoms with Crippen molar-refractivity contribution >= 4 is 43.7 Å². The van der Waals surface area contributed by atoms with Crippen molar-refractivity contribution in [3.05, 3.63) is 10.1 Å². The van der Waals surface area contributed by atoms with E-state index in [1.54, 1.807) is 0 Å². The molecular weight excluding hydrogens is 342 g/mol. The summed E-state index contributed by atoms with van der Waals surface area (Å²) in [7, 11) is 0. The molecule has 0 aromatic carbocycles. The van der Waals surface area contributed by atoms with E-state index in [0.29, 0.717) is 29.2 Å². The fourth-order valence-electron chi connectivity index (χ4n) is 0.933. The SMILES string of the molecule is C/C(CBr)=C(/Br)C(=O)NCCCCC(=O)O. The third-order valence-corrected chi connectivity index (χ3v) is 3.76. The molecule has 0 heterocycles. The van der Waals surface area contributed by atoms with Gasteiger partial charge in [0, 0.05) is 18.3 Å². The van der Waals surface area contributed by atoms with Crippen LogP contribution < -0.4 is 5.32 Å². The zero-order valence-corrected chi connectivity index (χ0v) is 12.2. The molecule has 0 bridgehead atoms. The lowest BCUT2D eigenvalue weighted by Gasteiger charge is -2.05. The lowest BCUT2D eigenvalue weighted by molar-refractivity contribution is -0.137. The minimum absolute atomic E-state index is 0.146. The number of rotatable bonds is 7. The van der Waals surface area contributed by atoms with Crippen molar-refractivity contribution in [3.8, 4) is 0 Å². The summed E-state index contributed by atoms with van der Waals surface area (Å²) in [4.78, 5) is 21.7. The van der Waals surface area contributed by atoms with E-state index in [2.05, 4.69) is 37.2 Å². The van der Waals surface area contributed by atoms with Crippen molar-refractivity contribution < 1.29 is 14.7 Å². The maximum atomic E-state index is 11.5. The number of amides is 1. The molecule has 0 aromatic heterocycles. The van der Waals surface area contributed by atoms with E-state index >= 15 is 0 Å². The molecule has 0 aliphatic rings. The minimum atomic E-state index is -0.803. The summed E-state index contributed by atoms with van der Waals surface area (Å²) in [6, 6.07) is 0. The van der Waals surface area contributed by atoms with Crippen LogP contribution in [-0.4, -0.2) is 28.9 Å². The second-order valence-corrected chi connectivity index (χ2v) is 4.69. The standard InChI is InChI=1S/C10H15Br2NO3/c1-7(6-11)9(12)10(16)13-5-3-2-4-8(14)15/h2-6H2,1H3,(H,13,16)(H,14,15)/b9-7-. The number of carbonyl (C=O) groups is 2. The van der Waals surface area contributed by atoms with Crippen LogP contribution in [0.25, 0.3) is 0 Å². The van der Waals surface area contributed by atoms with Crippen LogP contribution in [0.4, 0.5) is 0 Å². The molecule has 0 atom stereocenters. The summed E-state index contributed by atoms with van der Waals surface area (Å²) in [5.74, 6) is -0.963. The minimum Gasteiger partial charge on any atom is -0.481 e. The number of carbonyl (C=O) groups excluding carboxylic acids is 1. The molecule has 1 amide bonds. The average molecular weight is 357 g/mol. The molecule has 4 nitrogen and oxygen atoms in total. The van der Waals surface area contributed by atoms with Gasteiger partial charge in [0.15, 0.2) is 0 Å². The van der Waals surface area contributed by atoms with Crippen molar-refractivity contribution in [2.45, 2.75) is 26.2 Å². The fraction of sp³-hybridized carbons (Fsp3) is 0.600. The van der Waals surface area contributed by atoms with Crippen LogP contribution >= 0.6 is 31.9 Å². The number of nitrogens with one attached hydrogen (secondary N) is 1. The van der Waals surface area contributed by atoms with Gasteiger partial charge < -0.3 is 10.4 Å². The Morgan fingerprint density at radius 2 is 1.94 bits per heavy atom. The summed E-state index contributed by atoms with van der Waals surface area (Å²) in [6.45, 7) is 2.35. The van der Waals surface area contributed by atoms with E-state index in [1.165, 1.54) is 0 Å². The predicted molar refractivity (Wildman–Crippen MR) is 69.9 cm³/mol. The first-order valence-corrected chi connectivity index (χ1v) is 6.81. The third kappa shape index (κ3) is 7.00. The van der Waals surface area contributed by atoms with Gasteiger partial charge in [-0.05, 0) is 41.3 Å². The molecular formula is C10H15Br2NO3. The molecule has 0 spiro atoms. The van der Waals surface area contributed by atoms with E-state index < -0.39 is 5.97 Å². The Kier molecular flexibility index (Phi) is 8.56. The van der Waals surface area contributed by atoms with E-state index in [-0.39, 0.29) is 12.3 Å². The van der Waals surface area contributed by atoms with Crippen LogP contribution in [0.3, 0.4) is 0 Å². The number of aliphatic carboxylic acids is 1. The zero-order valence-electron chi connectivity index (χ0n) is 9.06. The Balaban J connectivity index is 3.78. The van der Waals surface area contributed by atoms with Gasteiger partial charge in [0.25, 0.3) is 5.91 Å². The zero-order chi connectivity index (χ0) is 12.6. The van der Waals surface area contributed by atoms with E-state index in [0.717, 1.165) is 5.57 Å². The number of unbranched alkanes of at least 4 members (excludes halogenated alkanes) is 1. The Bertz CT molecular complexity index is 290. The molecule has 0 saturated heterocycles. The van der Waals surface area contributed by atoms with Crippen molar-refractivity contribution in [2.75, 3.05) is 11.9 Å². The largest absolute Gasteiger partial charge is 0.481 e. The smallest absolute Gasteiger partial charge is 0.303 e. The van der Waals surface area contributed by atoms with Gasteiger partial charge in [-0.25, -0.2) is 0 Å². The monoisotopic (exact) mass is 355 g/mol. The highest BCUT2D eigenvalue weighted by Crippen LogP contribution is 2.13. The van der Waals surface area contributed by atoms with Gasteiger partial charge in [-0.1, -0.05) is 15.9 Å². The number of alkyl halides is 1. The highest BCUT2D eigenvalue weighted by molar-refractivity contribution is 9.12. The van der Waals surface area contributed by atoms with Crippen molar-refractivity contribution in [3.63, 3.8) is 0 Å². The van der Waals surface area contributed by atoms with Gasteiger partial charge in [-0.15, -0.1) is 0 Å². The number of allylic oxidation sites excluding steroid dienone is 1. The lowest BCUT2D eigenvalue weighted by Crippen LogP contribution is -2.25. The third-order valence-electron chi connectivity index (χ3n) is 1.88. The van der Waals surface area contributed by atoms with Crippen molar-refractivity contribution in [1.29, 1.82) is 0 Å². The summed E-state index contributed by atoms with van der Waals surface area (Å²) < 4.78 is 0.530. The second-order valence-electron chi connectivity index (χ2n) is 3.33. The van der Waals surface area contributed by atoms with Crippen LogP contribution in [-0.2, 0) is 9.59 Å². The van der Waals surface area contributed by atoms with E-state index in [9.17, 15) is 9.59 Å². The average Bonchev–Trinajstić information content (AvgIpc) is 2.25. The van der Waals surface area contributed by atoms with Crippen molar-refractivity contribution in [2.24, 2.45) is 0 Å². The van der Waals surface area contributed by atoms with Gasteiger partial charge in [0.2, 0.25) is 0 Å². The van der Waals surface area contributed by atoms with Crippen LogP contribution in [0.5, 0.6) is 0 Å². The van der Waals surface area contributed by atoms with Crippen LogP contribution in [0.1, 0.15) is 26.2 Å². The maximum absolute atomic E-state index is 11.5. The molecule has 0 aliphatic heterocycles. The van der Waals surface area contributed by atoms with E-state index in [4.69, 9.17) is 5.11 Å². The first-order valence-electron chi connectivity index (χ1n) is 4.90. The number of carboxylic acids is 1. The topological polar surface area (TPSA) is 66.4 Å². The molecule has 6 heteroatoms. The molecule has 2 N–H and O–H groups in total. The number of hydrogen-bond donors (Lipinski definition) is 2. The van der Waals surface area contributed by atoms with Crippen LogP contribution in [0, 0.1) is 0 Å². The van der Waals surface area contributed by atoms with Gasteiger partial charge in [0.1, 0.15) is 0 Å². The maximum Gasteiger partial charge on any atom is 0.303 e. The second kappa shape index (κ2) is 8.75. The first-order chi connectivity index (χ1) is 7.49. The summed E-state index contributed by atoms with van der Waals surface area (Å²) in [5, 5.41) is 11.8. The molecule has 0 saturated carbocycles. The molecule has 16 heavy (non-hydrogen) atoms. The van der Waals surface area contributed by atoms with Gasteiger partial charge in [-0.3, -0.25) is 9.59 Å². The first kappa shape index (κ1) is 15.6. The quantitative estimate of drug-likeness (QED) is 0.418. The Morgan fingerprint density at radius 1 is 1.31 bits per heavy atom. The Labute approximate surface area is 112 Å². The van der Waals surface area contributed by atoms with Gasteiger partial charge >= 0.3 is 5.97 Å². The molecule has 0 aromatic rings. The van der Waals surface area contributed by atoms with Crippen molar-refractivity contribution in [1.82, 2.24) is 5.32 Å². The highest BCUT2D eigenvalue weighted by Gasteiger charge is 2.08. The van der Waals surface area contributed by atoms with Crippen LogP contribution in [0.2, 0.25) is 0 Å². The molecule has 0 rings (SSSR count). The Morgan fingerprint density at radius 3 is 2.44 bits per heavy atom. The fourth-order valence-corrected chi connectivity index (χ4v) is 1.87. The molecule has 92 valence electrons. The number of carboxylic acid groups (broad SMARTS) is 1. The number of halogens is 2. The number of hydrogen-bond acceptors (Lipinski definition) is 2. The van der Waals surface area contributed by atoms with E-state index in [1.807, 2.05) is 6.92 Å². The molecule has 0 unspecified atom stereocenters. The van der Waals surface area contributed by atoms with Gasteiger partial charge in [-0.2, -0.15) is 0 Å². The lowest BCUT2D eigenvalue weighted by atomic mass is 10.2. The summed E-state index contributed by atoms with van der Waals surface area (Å²) in [5.41, 5.74) is 0.919.